The maximum atomic E-state index is 2.44. The molecule has 0 saturated carbocycles. The average Bonchev–Trinajstić information content (AvgIpc) is 3.63. The summed E-state index contributed by atoms with van der Waals surface area (Å²) in [6.45, 7) is 0. The van der Waals surface area contributed by atoms with E-state index in [0.717, 1.165) is 22.7 Å². The van der Waals surface area contributed by atoms with Crippen LogP contribution in [0.25, 0.3) is 57.6 Å². The number of anilines is 3. The number of rotatable bonds is 4. The van der Waals surface area contributed by atoms with E-state index in [9.17, 15) is 0 Å². The van der Waals surface area contributed by atoms with Crippen molar-refractivity contribution in [3.63, 3.8) is 0 Å². The summed E-state index contributed by atoms with van der Waals surface area (Å²) >= 11 is 0.279. The molecule has 0 aliphatic carbocycles. The number of hydrogen-bond acceptors (Lipinski definition) is 1. The van der Waals surface area contributed by atoms with Crippen molar-refractivity contribution in [2.24, 2.45) is 0 Å². The molecule has 43 heavy (non-hydrogen) atoms. The van der Waals surface area contributed by atoms with E-state index in [0.29, 0.717) is 0 Å². The molecule has 202 valence electrons. The number of aromatic nitrogens is 1. The van der Waals surface area contributed by atoms with Gasteiger partial charge in [0.15, 0.2) is 0 Å². The fraction of sp³-hybridized carbons (Fsp3) is 0. The Balaban J connectivity index is 1.38. The summed E-state index contributed by atoms with van der Waals surface area (Å²) in [5.41, 5.74) is 7.03. The zero-order valence-corrected chi connectivity index (χ0v) is 25.0. The van der Waals surface area contributed by atoms with Crippen molar-refractivity contribution >= 4 is 83.4 Å². The van der Waals surface area contributed by atoms with Crippen LogP contribution in [0.2, 0.25) is 0 Å². The van der Waals surface area contributed by atoms with Crippen LogP contribution < -0.4 is 4.90 Å². The third-order valence-electron chi connectivity index (χ3n) is 8.55. The van der Waals surface area contributed by atoms with Gasteiger partial charge in [-0.25, -0.2) is 0 Å². The second-order valence-electron chi connectivity index (χ2n) is 11.0. The molecule has 0 aliphatic rings. The van der Waals surface area contributed by atoms with Gasteiger partial charge in [0.1, 0.15) is 0 Å². The first kappa shape index (κ1) is 24.5. The summed E-state index contributed by atoms with van der Waals surface area (Å²) in [6.07, 6.45) is 0. The molecule has 0 saturated heterocycles. The Kier molecular flexibility index (Phi) is 5.55. The predicted octanol–water partition coefficient (Wildman–Crippen LogP) is 10.8. The SMILES string of the molecule is c1ccc(N(c2ccc3ccc4c5ccccc5[se]c4c3c2)c2cccc3c4ccccc4n(-c4ccccc4)c23)cc1. The minimum atomic E-state index is 0.279. The van der Waals surface area contributed by atoms with E-state index in [1.807, 2.05) is 0 Å². The molecule has 0 aliphatic heterocycles. The van der Waals surface area contributed by atoms with Crippen molar-refractivity contribution in [1.82, 2.24) is 4.57 Å². The van der Waals surface area contributed by atoms with E-state index in [-0.39, 0.29) is 14.5 Å². The van der Waals surface area contributed by atoms with Crippen molar-refractivity contribution < 1.29 is 0 Å². The average molecular weight is 614 g/mol. The Hall–Kier alpha value is -5.08. The van der Waals surface area contributed by atoms with Crippen molar-refractivity contribution in [1.29, 1.82) is 0 Å². The van der Waals surface area contributed by atoms with Gasteiger partial charge >= 0.3 is 256 Å². The third kappa shape index (κ3) is 3.79. The van der Waals surface area contributed by atoms with Gasteiger partial charge in [-0.15, -0.1) is 0 Å². The van der Waals surface area contributed by atoms with Gasteiger partial charge in [-0.1, -0.05) is 0 Å². The standard InChI is InChI=1S/C40H26N2Se/c1-3-12-28(13-4-1)41(30-24-22-27-23-25-34-32-17-8-10-21-38(32)43-40(34)35(27)26-30)37-20-11-18-33-31-16-7-9-19-36(31)42(39(33)37)29-14-5-2-6-15-29/h1-26H. The van der Waals surface area contributed by atoms with Gasteiger partial charge in [-0.3, -0.25) is 0 Å². The molecule has 0 bridgehead atoms. The number of nitrogens with zero attached hydrogens (tertiary/aromatic N) is 2. The molecular weight excluding hydrogens is 587 g/mol. The van der Waals surface area contributed by atoms with Crippen LogP contribution in [-0.4, -0.2) is 19.1 Å². The third-order valence-corrected chi connectivity index (χ3v) is 11.1. The van der Waals surface area contributed by atoms with Gasteiger partial charge in [0.05, 0.1) is 0 Å². The zero-order chi connectivity index (χ0) is 28.3. The molecule has 0 unspecified atom stereocenters. The molecule has 2 aromatic heterocycles. The molecule has 3 heteroatoms. The molecule has 2 heterocycles. The molecule has 9 aromatic rings. The summed E-state index contributed by atoms with van der Waals surface area (Å²) in [5, 5.41) is 7.93. The quantitative estimate of drug-likeness (QED) is 0.179. The first-order valence-electron chi connectivity index (χ1n) is 14.6. The van der Waals surface area contributed by atoms with E-state index in [4.69, 9.17) is 0 Å². The van der Waals surface area contributed by atoms with Crippen molar-refractivity contribution in [3.05, 3.63) is 158 Å². The van der Waals surface area contributed by atoms with Crippen molar-refractivity contribution in [3.8, 4) is 5.69 Å². The molecule has 0 atom stereocenters. The molecule has 0 amide bonds. The molecule has 0 fully saturated rings. The van der Waals surface area contributed by atoms with Gasteiger partial charge < -0.3 is 0 Å². The van der Waals surface area contributed by atoms with Crippen LogP contribution in [0.4, 0.5) is 17.1 Å². The normalized spacial score (nSPS) is 11.7. The first-order chi connectivity index (χ1) is 21.3. The van der Waals surface area contributed by atoms with E-state index in [1.165, 1.54) is 51.9 Å². The van der Waals surface area contributed by atoms with Crippen LogP contribution in [0.5, 0.6) is 0 Å². The van der Waals surface area contributed by atoms with Gasteiger partial charge in [0.2, 0.25) is 0 Å². The Bertz CT molecular complexity index is 2450. The van der Waals surface area contributed by atoms with Crippen molar-refractivity contribution in [2.75, 3.05) is 4.90 Å². The maximum absolute atomic E-state index is 2.44. The van der Waals surface area contributed by atoms with E-state index in [1.54, 1.807) is 0 Å². The van der Waals surface area contributed by atoms with Crippen LogP contribution in [0, 0.1) is 0 Å². The molecule has 7 aromatic carbocycles. The second-order valence-corrected chi connectivity index (χ2v) is 13.2. The van der Waals surface area contributed by atoms with E-state index in [2.05, 4.69) is 167 Å². The van der Waals surface area contributed by atoms with Crippen LogP contribution in [-0.2, 0) is 0 Å². The van der Waals surface area contributed by atoms with Crippen LogP contribution in [0.15, 0.2) is 158 Å². The Morgan fingerprint density at radius 2 is 1.16 bits per heavy atom. The van der Waals surface area contributed by atoms with Crippen LogP contribution in [0.3, 0.4) is 0 Å². The van der Waals surface area contributed by atoms with E-state index < -0.39 is 0 Å². The molecule has 0 radical (unpaired) electrons. The summed E-state index contributed by atoms with van der Waals surface area (Å²) in [4.78, 5) is 2.44. The molecule has 2 nitrogen and oxygen atoms in total. The van der Waals surface area contributed by atoms with Gasteiger partial charge in [0, 0.05) is 0 Å². The topological polar surface area (TPSA) is 8.17 Å². The summed E-state index contributed by atoms with van der Waals surface area (Å²) in [5.74, 6) is 0. The van der Waals surface area contributed by atoms with Gasteiger partial charge in [0.25, 0.3) is 0 Å². The van der Waals surface area contributed by atoms with Gasteiger partial charge in [-0.2, -0.15) is 0 Å². The molecule has 0 N–H and O–H groups in total. The Morgan fingerprint density at radius 1 is 0.465 bits per heavy atom. The molecular formula is C40H26N2Se. The summed E-state index contributed by atoms with van der Waals surface area (Å²) in [6, 6.07) is 57.5. The summed E-state index contributed by atoms with van der Waals surface area (Å²) < 4.78 is 5.38. The fourth-order valence-corrected chi connectivity index (χ4v) is 9.24. The Morgan fingerprint density at radius 3 is 2.02 bits per heavy atom. The monoisotopic (exact) mass is 614 g/mol. The number of benzene rings is 7. The first-order valence-corrected chi connectivity index (χ1v) is 16.3. The van der Waals surface area contributed by atoms with E-state index >= 15 is 0 Å². The Labute approximate surface area is 255 Å². The molecule has 9 rings (SSSR count). The van der Waals surface area contributed by atoms with Crippen molar-refractivity contribution in [2.45, 2.75) is 0 Å². The van der Waals surface area contributed by atoms with Crippen LogP contribution in [0.1, 0.15) is 0 Å². The fourth-order valence-electron chi connectivity index (χ4n) is 6.66. The van der Waals surface area contributed by atoms with Gasteiger partial charge in [-0.05, 0) is 0 Å². The number of fused-ring (bicyclic) bond motifs is 8. The number of hydrogen-bond donors (Lipinski definition) is 0. The second kappa shape index (κ2) is 9.74. The summed E-state index contributed by atoms with van der Waals surface area (Å²) in [7, 11) is 0. The zero-order valence-electron chi connectivity index (χ0n) is 23.3. The number of para-hydroxylation sites is 4. The predicted molar refractivity (Wildman–Crippen MR) is 185 cm³/mol. The van der Waals surface area contributed by atoms with Crippen LogP contribution >= 0.6 is 0 Å². The minimum absolute atomic E-state index is 0.279. The molecule has 0 spiro atoms.